The highest BCUT2D eigenvalue weighted by Crippen LogP contribution is 2.28. The molecule has 1 aromatic heterocycles. The number of para-hydroxylation sites is 1. The van der Waals surface area contributed by atoms with Crippen LogP contribution < -0.4 is 20.1 Å². The Kier molecular flexibility index (Phi) is 7.47. The molecular formula is C28H27N3O4. The zero-order valence-corrected chi connectivity index (χ0v) is 19.6. The van der Waals surface area contributed by atoms with Gasteiger partial charge < -0.3 is 25.1 Å². The quantitative estimate of drug-likeness (QED) is 0.319. The SMILES string of the molecule is COc1ccc(C=C(NC(=O)c2ccccc2)C(=O)NCCc2c[nH]c3ccccc23)cc1OC. The Hall–Kier alpha value is -4.52. The summed E-state index contributed by atoms with van der Waals surface area (Å²) in [6.07, 6.45) is 4.21. The number of hydrogen-bond acceptors (Lipinski definition) is 4. The minimum absolute atomic E-state index is 0.130. The Morgan fingerprint density at radius 2 is 1.66 bits per heavy atom. The Morgan fingerprint density at radius 3 is 2.43 bits per heavy atom. The van der Waals surface area contributed by atoms with Gasteiger partial charge in [-0.05, 0) is 54.0 Å². The molecule has 3 aromatic carbocycles. The van der Waals surface area contributed by atoms with Crippen LogP contribution in [0.2, 0.25) is 0 Å². The first-order valence-electron chi connectivity index (χ1n) is 11.2. The van der Waals surface area contributed by atoms with Crippen molar-refractivity contribution >= 4 is 28.8 Å². The first kappa shape index (κ1) is 23.6. The molecule has 0 atom stereocenters. The fourth-order valence-corrected chi connectivity index (χ4v) is 3.80. The lowest BCUT2D eigenvalue weighted by Crippen LogP contribution is -2.35. The van der Waals surface area contributed by atoms with Crippen LogP contribution in [0.15, 0.2) is 84.7 Å². The van der Waals surface area contributed by atoms with Gasteiger partial charge >= 0.3 is 0 Å². The number of hydrogen-bond donors (Lipinski definition) is 3. The third-order valence-corrected chi connectivity index (χ3v) is 5.60. The van der Waals surface area contributed by atoms with Crippen LogP contribution in [0.25, 0.3) is 17.0 Å². The number of rotatable bonds is 9. The molecule has 0 saturated carbocycles. The number of carbonyl (C=O) groups excluding carboxylic acids is 2. The molecule has 0 fully saturated rings. The summed E-state index contributed by atoms with van der Waals surface area (Å²) in [4.78, 5) is 29.2. The highest BCUT2D eigenvalue weighted by molar-refractivity contribution is 6.05. The largest absolute Gasteiger partial charge is 0.493 e. The van der Waals surface area contributed by atoms with Crippen LogP contribution in [0.5, 0.6) is 11.5 Å². The molecule has 0 spiro atoms. The van der Waals surface area contributed by atoms with E-state index >= 15 is 0 Å². The van der Waals surface area contributed by atoms with E-state index in [0.717, 1.165) is 16.5 Å². The molecule has 0 radical (unpaired) electrons. The summed E-state index contributed by atoms with van der Waals surface area (Å²) < 4.78 is 10.7. The number of aromatic nitrogens is 1. The third kappa shape index (κ3) is 5.70. The van der Waals surface area contributed by atoms with E-state index in [2.05, 4.69) is 15.6 Å². The summed E-state index contributed by atoms with van der Waals surface area (Å²) in [6.45, 7) is 0.408. The van der Waals surface area contributed by atoms with Crippen LogP contribution in [0.3, 0.4) is 0 Å². The lowest BCUT2D eigenvalue weighted by atomic mass is 10.1. The summed E-state index contributed by atoms with van der Waals surface area (Å²) in [5.41, 5.74) is 3.43. The predicted molar refractivity (Wildman–Crippen MR) is 136 cm³/mol. The van der Waals surface area contributed by atoms with E-state index in [-0.39, 0.29) is 17.5 Å². The number of benzene rings is 3. The van der Waals surface area contributed by atoms with Crippen molar-refractivity contribution in [2.45, 2.75) is 6.42 Å². The van der Waals surface area contributed by atoms with Gasteiger partial charge in [0.2, 0.25) is 0 Å². The van der Waals surface area contributed by atoms with Crippen molar-refractivity contribution in [2.24, 2.45) is 0 Å². The topological polar surface area (TPSA) is 92.5 Å². The Bertz CT molecular complexity index is 1360. The molecule has 7 nitrogen and oxygen atoms in total. The van der Waals surface area contributed by atoms with Gasteiger partial charge in [-0.1, -0.05) is 42.5 Å². The Labute approximate surface area is 203 Å². The molecule has 35 heavy (non-hydrogen) atoms. The minimum Gasteiger partial charge on any atom is -0.493 e. The normalized spacial score (nSPS) is 11.2. The molecule has 0 unspecified atom stereocenters. The fraction of sp³-hybridized carbons (Fsp3) is 0.143. The smallest absolute Gasteiger partial charge is 0.267 e. The van der Waals surface area contributed by atoms with Crippen molar-refractivity contribution in [1.82, 2.24) is 15.6 Å². The zero-order valence-electron chi connectivity index (χ0n) is 19.6. The second-order valence-corrected chi connectivity index (χ2v) is 7.86. The summed E-state index contributed by atoms with van der Waals surface area (Å²) in [6, 6.07) is 22.1. The molecule has 1 heterocycles. The summed E-state index contributed by atoms with van der Waals surface area (Å²) >= 11 is 0. The van der Waals surface area contributed by atoms with Crippen molar-refractivity contribution < 1.29 is 19.1 Å². The number of nitrogens with one attached hydrogen (secondary N) is 3. The van der Waals surface area contributed by atoms with Crippen molar-refractivity contribution in [3.8, 4) is 11.5 Å². The van der Waals surface area contributed by atoms with E-state index in [0.29, 0.717) is 35.6 Å². The third-order valence-electron chi connectivity index (χ3n) is 5.60. The standard InChI is InChI=1S/C28H27N3O4/c1-34-25-13-12-19(17-26(25)35-2)16-24(31-27(32)20-8-4-3-5-9-20)28(33)29-15-14-21-18-30-23-11-7-6-10-22(21)23/h3-13,16-18,30H,14-15H2,1-2H3,(H,29,33)(H,31,32). The number of H-pyrrole nitrogens is 1. The van der Waals surface area contributed by atoms with Gasteiger partial charge in [0.25, 0.3) is 11.8 Å². The van der Waals surface area contributed by atoms with Crippen LogP contribution in [-0.2, 0) is 11.2 Å². The Morgan fingerprint density at radius 1 is 0.914 bits per heavy atom. The number of amides is 2. The van der Waals surface area contributed by atoms with Gasteiger partial charge in [-0.15, -0.1) is 0 Å². The second-order valence-electron chi connectivity index (χ2n) is 7.86. The van der Waals surface area contributed by atoms with Crippen LogP contribution in [0.1, 0.15) is 21.5 Å². The van der Waals surface area contributed by atoms with E-state index in [1.807, 2.05) is 36.5 Å². The molecule has 7 heteroatoms. The van der Waals surface area contributed by atoms with Crippen LogP contribution in [0.4, 0.5) is 0 Å². The maximum Gasteiger partial charge on any atom is 0.267 e. The number of methoxy groups -OCH3 is 2. The van der Waals surface area contributed by atoms with Gasteiger partial charge in [0, 0.05) is 29.2 Å². The van der Waals surface area contributed by atoms with E-state index < -0.39 is 0 Å². The molecule has 0 aliphatic rings. The number of fused-ring (bicyclic) bond motifs is 1. The number of carbonyl (C=O) groups is 2. The zero-order chi connectivity index (χ0) is 24.6. The monoisotopic (exact) mass is 469 g/mol. The fourth-order valence-electron chi connectivity index (χ4n) is 3.80. The van der Waals surface area contributed by atoms with Gasteiger partial charge in [0.15, 0.2) is 11.5 Å². The highest BCUT2D eigenvalue weighted by Gasteiger charge is 2.15. The summed E-state index contributed by atoms with van der Waals surface area (Å²) in [5.74, 6) is 0.338. The van der Waals surface area contributed by atoms with Crippen molar-refractivity contribution in [3.05, 3.63) is 101 Å². The van der Waals surface area contributed by atoms with Gasteiger partial charge in [-0.25, -0.2) is 0 Å². The first-order valence-corrected chi connectivity index (χ1v) is 11.2. The summed E-state index contributed by atoms with van der Waals surface area (Å²) in [7, 11) is 3.10. The van der Waals surface area contributed by atoms with Crippen LogP contribution in [-0.4, -0.2) is 37.6 Å². The lowest BCUT2D eigenvalue weighted by Gasteiger charge is -2.12. The number of ether oxygens (including phenoxy) is 2. The van der Waals surface area contributed by atoms with Crippen molar-refractivity contribution in [2.75, 3.05) is 20.8 Å². The van der Waals surface area contributed by atoms with Gasteiger partial charge in [0.05, 0.1) is 14.2 Å². The van der Waals surface area contributed by atoms with Gasteiger partial charge in [-0.2, -0.15) is 0 Å². The summed E-state index contributed by atoms with van der Waals surface area (Å²) in [5, 5.41) is 6.80. The first-order chi connectivity index (χ1) is 17.1. The molecule has 178 valence electrons. The molecule has 3 N–H and O–H groups in total. The number of aromatic amines is 1. The Balaban J connectivity index is 1.53. The van der Waals surface area contributed by atoms with Crippen LogP contribution in [0, 0.1) is 0 Å². The van der Waals surface area contributed by atoms with Gasteiger partial charge in [-0.3, -0.25) is 9.59 Å². The average Bonchev–Trinajstić information content (AvgIpc) is 3.31. The maximum atomic E-state index is 13.1. The van der Waals surface area contributed by atoms with E-state index in [1.165, 1.54) is 0 Å². The average molecular weight is 470 g/mol. The van der Waals surface area contributed by atoms with E-state index in [4.69, 9.17) is 9.47 Å². The molecule has 4 aromatic rings. The van der Waals surface area contributed by atoms with Crippen molar-refractivity contribution in [1.29, 1.82) is 0 Å². The second kappa shape index (κ2) is 11.1. The van der Waals surface area contributed by atoms with Crippen LogP contribution >= 0.6 is 0 Å². The molecule has 4 rings (SSSR count). The minimum atomic E-state index is -0.385. The van der Waals surface area contributed by atoms with E-state index in [1.54, 1.807) is 62.8 Å². The lowest BCUT2D eigenvalue weighted by molar-refractivity contribution is -0.117. The molecule has 0 saturated heterocycles. The molecule has 0 aliphatic heterocycles. The molecule has 0 aliphatic carbocycles. The van der Waals surface area contributed by atoms with Crippen molar-refractivity contribution in [3.63, 3.8) is 0 Å². The predicted octanol–water partition coefficient (Wildman–Crippen LogP) is 4.31. The molecular weight excluding hydrogens is 442 g/mol. The maximum absolute atomic E-state index is 13.1. The molecule has 0 bridgehead atoms. The van der Waals surface area contributed by atoms with E-state index in [9.17, 15) is 9.59 Å². The van der Waals surface area contributed by atoms with Gasteiger partial charge in [0.1, 0.15) is 5.70 Å². The molecule has 2 amide bonds. The highest BCUT2D eigenvalue weighted by atomic mass is 16.5.